The van der Waals surface area contributed by atoms with Gasteiger partial charge in [-0.15, -0.1) is 13.2 Å². The molecule has 6 nitrogen and oxygen atoms in total. The normalized spacial score (nSPS) is 15.7. The van der Waals surface area contributed by atoms with Crippen molar-refractivity contribution >= 4 is 10.0 Å². The van der Waals surface area contributed by atoms with Gasteiger partial charge >= 0.3 is 6.36 Å². The average Bonchev–Trinajstić information content (AvgIpc) is 2.76. The molecule has 0 aliphatic carbocycles. The van der Waals surface area contributed by atoms with Gasteiger partial charge in [-0.1, -0.05) is 0 Å². The molecule has 0 atom stereocenters. The topological polar surface area (TPSA) is 76.1 Å². The number of benzene rings is 2. The second-order valence-electron chi connectivity index (χ2n) is 5.50. The quantitative estimate of drug-likeness (QED) is 0.874. The molecule has 0 aromatic heterocycles. The molecule has 140 valence electrons. The number of hydrogen-bond acceptors (Lipinski definition) is 5. The molecule has 1 aliphatic heterocycles. The molecular weight excluding hydrogens is 375 g/mol. The Morgan fingerprint density at radius 3 is 2.46 bits per heavy atom. The fraction of sp³-hybridized carbons (Fsp3) is 0.250. The van der Waals surface area contributed by atoms with Crippen LogP contribution in [0.2, 0.25) is 0 Å². The van der Waals surface area contributed by atoms with Crippen molar-refractivity contribution in [2.45, 2.75) is 17.8 Å². The van der Waals surface area contributed by atoms with Crippen molar-refractivity contribution in [3.8, 4) is 17.2 Å². The number of phenols is 1. The molecule has 0 fully saturated rings. The first-order valence-electron chi connectivity index (χ1n) is 7.46. The third kappa shape index (κ3) is 4.02. The zero-order chi connectivity index (χ0) is 18.9. The van der Waals surface area contributed by atoms with Crippen LogP contribution < -0.4 is 9.47 Å². The van der Waals surface area contributed by atoms with Crippen LogP contribution in [0, 0.1) is 0 Å². The van der Waals surface area contributed by atoms with Crippen LogP contribution >= 0.6 is 0 Å². The van der Waals surface area contributed by atoms with Crippen LogP contribution in [0.25, 0.3) is 0 Å². The van der Waals surface area contributed by atoms with Crippen LogP contribution in [-0.2, 0) is 16.6 Å². The lowest BCUT2D eigenvalue weighted by atomic mass is 10.2. The lowest BCUT2D eigenvalue weighted by molar-refractivity contribution is -0.274. The summed E-state index contributed by atoms with van der Waals surface area (Å²) in [5.41, 5.74) is 0.489. The van der Waals surface area contributed by atoms with Gasteiger partial charge in [-0.2, -0.15) is 4.31 Å². The number of nitrogens with zero attached hydrogens (tertiary/aromatic N) is 1. The number of sulfonamides is 1. The van der Waals surface area contributed by atoms with Gasteiger partial charge in [0, 0.05) is 18.7 Å². The van der Waals surface area contributed by atoms with Gasteiger partial charge in [0.05, 0.1) is 4.90 Å². The molecule has 2 aromatic carbocycles. The second kappa shape index (κ2) is 6.69. The molecule has 0 saturated heterocycles. The van der Waals surface area contributed by atoms with Crippen molar-refractivity contribution in [3.63, 3.8) is 0 Å². The van der Waals surface area contributed by atoms with Crippen LogP contribution in [0.15, 0.2) is 47.4 Å². The van der Waals surface area contributed by atoms with Crippen molar-refractivity contribution in [1.29, 1.82) is 0 Å². The van der Waals surface area contributed by atoms with Gasteiger partial charge in [0.15, 0.2) is 0 Å². The Labute approximate surface area is 147 Å². The Hall–Kier alpha value is -2.46. The number of halogens is 3. The summed E-state index contributed by atoms with van der Waals surface area (Å²) in [4.78, 5) is -0.171. The molecule has 0 spiro atoms. The van der Waals surface area contributed by atoms with E-state index in [2.05, 4.69) is 4.74 Å². The average molecular weight is 389 g/mol. The number of rotatable bonds is 3. The first-order valence-corrected chi connectivity index (χ1v) is 8.90. The Morgan fingerprint density at radius 2 is 1.81 bits per heavy atom. The Balaban J connectivity index is 1.85. The summed E-state index contributed by atoms with van der Waals surface area (Å²) in [7, 11) is -3.97. The summed E-state index contributed by atoms with van der Waals surface area (Å²) in [5, 5.41) is 9.58. The van der Waals surface area contributed by atoms with Gasteiger partial charge in [-0.25, -0.2) is 8.42 Å². The zero-order valence-electron chi connectivity index (χ0n) is 13.2. The van der Waals surface area contributed by atoms with E-state index in [1.165, 1.54) is 12.1 Å². The monoisotopic (exact) mass is 389 g/mol. The molecule has 0 saturated carbocycles. The predicted octanol–water partition coefficient (Wildman–Crippen LogP) is 2.87. The van der Waals surface area contributed by atoms with Crippen LogP contribution in [0.1, 0.15) is 5.56 Å². The lowest BCUT2D eigenvalue weighted by Gasteiger charge is -2.20. The van der Waals surface area contributed by atoms with Crippen LogP contribution in [0.5, 0.6) is 17.2 Å². The minimum absolute atomic E-state index is 0.0275. The molecule has 2 aromatic rings. The van der Waals surface area contributed by atoms with Crippen molar-refractivity contribution < 1.29 is 36.2 Å². The highest BCUT2D eigenvalue weighted by atomic mass is 32.2. The van der Waals surface area contributed by atoms with E-state index in [0.717, 1.165) is 28.6 Å². The maximum Gasteiger partial charge on any atom is 0.573 e. The first-order chi connectivity index (χ1) is 12.1. The van der Waals surface area contributed by atoms with Crippen LogP contribution in [0.3, 0.4) is 0 Å². The van der Waals surface area contributed by atoms with Gasteiger partial charge in [-0.3, -0.25) is 0 Å². The molecular formula is C16H14F3NO5S. The van der Waals surface area contributed by atoms with Gasteiger partial charge < -0.3 is 14.6 Å². The maximum absolute atomic E-state index is 12.8. The number of fused-ring (bicyclic) bond motifs is 1. The van der Waals surface area contributed by atoms with E-state index in [-0.39, 0.29) is 30.3 Å². The maximum atomic E-state index is 12.8. The van der Waals surface area contributed by atoms with Crippen LogP contribution in [0.4, 0.5) is 13.2 Å². The van der Waals surface area contributed by atoms with Gasteiger partial charge in [0.25, 0.3) is 0 Å². The Morgan fingerprint density at radius 1 is 1.12 bits per heavy atom. The van der Waals surface area contributed by atoms with Gasteiger partial charge in [0.2, 0.25) is 10.0 Å². The third-order valence-corrected chi connectivity index (χ3v) is 5.54. The molecule has 0 unspecified atom stereocenters. The van der Waals surface area contributed by atoms with E-state index in [1.807, 2.05) is 0 Å². The van der Waals surface area contributed by atoms with Crippen molar-refractivity contribution in [2.75, 3.05) is 13.2 Å². The molecule has 0 radical (unpaired) electrons. The zero-order valence-corrected chi connectivity index (χ0v) is 14.0. The minimum atomic E-state index is -4.85. The largest absolute Gasteiger partial charge is 0.573 e. The lowest BCUT2D eigenvalue weighted by Crippen LogP contribution is -2.32. The van der Waals surface area contributed by atoms with E-state index < -0.39 is 22.1 Å². The number of aromatic hydroxyl groups is 1. The molecule has 1 heterocycles. The second-order valence-corrected chi connectivity index (χ2v) is 7.44. The summed E-state index contributed by atoms with van der Waals surface area (Å²) in [5.74, 6) is -0.0689. The van der Waals surface area contributed by atoms with Crippen molar-refractivity contribution in [3.05, 3.63) is 48.0 Å². The highest BCUT2D eigenvalue weighted by Crippen LogP contribution is 2.30. The molecule has 26 heavy (non-hydrogen) atoms. The molecule has 1 aliphatic rings. The summed E-state index contributed by atoms with van der Waals surface area (Å²) in [6.07, 6.45) is -4.85. The highest BCUT2D eigenvalue weighted by Gasteiger charge is 2.32. The fourth-order valence-electron chi connectivity index (χ4n) is 2.52. The van der Waals surface area contributed by atoms with Crippen LogP contribution in [-0.4, -0.2) is 37.3 Å². The highest BCUT2D eigenvalue weighted by molar-refractivity contribution is 7.89. The van der Waals surface area contributed by atoms with Crippen molar-refractivity contribution in [1.82, 2.24) is 4.31 Å². The molecule has 1 N–H and O–H groups in total. The van der Waals surface area contributed by atoms with E-state index in [4.69, 9.17) is 4.74 Å². The first kappa shape index (κ1) is 18.3. The molecule has 10 heteroatoms. The van der Waals surface area contributed by atoms with E-state index in [0.29, 0.717) is 11.3 Å². The smallest absolute Gasteiger partial charge is 0.508 e. The summed E-state index contributed by atoms with van der Waals surface area (Å²) in [6, 6.07) is 8.36. The minimum Gasteiger partial charge on any atom is -0.508 e. The number of alkyl halides is 3. The summed E-state index contributed by atoms with van der Waals surface area (Å²) < 4.78 is 72.5. The molecule has 0 amide bonds. The molecule has 0 bridgehead atoms. The fourth-order valence-corrected chi connectivity index (χ4v) is 3.93. The Bertz CT molecular complexity index is 897. The summed E-state index contributed by atoms with van der Waals surface area (Å²) >= 11 is 0. The van der Waals surface area contributed by atoms with Gasteiger partial charge in [-0.05, 0) is 42.5 Å². The summed E-state index contributed by atoms with van der Waals surface area (Å²) in [6.45, 7) is 0.123. The molecule has 3 rings (SSSR count). The van der Waals surface area contributed by atoms with E-state index in [9.17, 15) is 26.7 Å². The Kier molecular flexibility index (Phi) is 4.72. The standard InChI is InChI=1S/C16H14F3NO5S/c17-16(18,19)25-13-2-4-14(5-3-13)26(22,23)20-7-8-24-15-6-1-12(21)9-11(15)10-20/h1-6,9,21H,7-8,10H2. The van der Waals surface area contributed by atoms with Gasteiger partial charge in [0.1, 0.15) is 23.9 Å². The van der Waals surface area contributed by atoms with E-state index >= 15 is 0 Å². The predicted molar refractivity (Wildman–Crippen MR) is 84.3 cm³/mol. The van der Waals surface area contributed by atoms with Crippen molar-refractivity contribution in [2.24, 2.45) is 0 Å². The third-order valence-electron chi connectivity index (χ3n) is 3.68. The number of ether oxygens (including phenoxy) is 2. The SMILES string of the molecule is O=S(=O)(c1ccc(OC(F)(F)F)cc1)N1CCOc2ccc(O)cc2C1. The van der Waals surface area contributed by atoms with E-state index in [1.54, 1.807) is 6.07 Å². The number of hydrogen-bond donors (Lipinski definition) is 1. The number of phenolic OH excluding ortho intramolecular Hbond substituents is 1.